The average molecular weight is 522 g/mol. The molecule has 0 aliphatic heterocycles. The van der Waals surface area contributed by atoms with Crippen molar-refractivity contribution in [3.05, 3.63) is 63.9 Å². The van der Waals surface area contributed by atoms with Crippen molar-refractivity contribution in [3.63, 3.8) is 0 Å². The van der Waals surface area contributed by atoms with Crippen LogP contribution in [0.5, 0.6) is 5.75 Å². The highest BCUT2D eigenvalue weighted by atomic mass is 35.5. The first-order valence-electron chi connectivity index (χ1n) is 10.4. The minimum Gasteiger partial charge on any atom is -0.497 e. The zero-order chi connectivity index (χ0) is 24.8. The van der Waals surface area contributed by atoms with Crippen LogP contribution in [-0.2, 0) is 11.8 Å². The van der Waals surface area contributed by atoms with Gasteiger partial charge in [0.15, 0.2) is 11.0 Å². The smallest absolute Gasteiger partial charge is 0.251 e. The molecule has 11 heteroatoms. The first-order valence-corrected chi connectivity index (χ1v) is 12.2. The van der Waals surface area contributed by atoms with Crippen molar-refractivity contribution < 1.29 is 14.3 Å². The van der Waals surface area contributed by atoms with E-state index in [2.05, 4.69) is 20.8 Å². The number of nitrogens with zero attached hydrogens (tertiary/aromatic N) is 3. The number of thioether (sulfide) groups is 1. The minimum atomic E-state index is -0.403. The molecule has 34 heavy (non-hydrogen) atoms. The summed E-state index contributed by atoms with van der Waals surface area (Å²) in [6.45, 7) is 3.95. The van der Waals surface area contributed by atoms with E-state index in [1.807, 2.05) is 13.8 Å². The molecule has 0 fully saturated rings. The Morgan fingerprint density at radius 3 is 2.56 bits per heavy atom. The molecular weight excluding hydrogens is 497 g/mol. The molecule has 180 valence electrons. The second-order valence-electron chi connectivity index (χ2n) is 7.79. The van der Waals surface area contributed by atoms with Crippen molar-refractivity contribution >= 4 is 52.5 Å². The first kappa shape index (κ1) is 25.9. The lowest BCUT2D eigenvalue weighted by atomic mass is 10.0. The third kappa shape index (κ3) is 6.43. The van der Waals surface area contributed by atoms with Crippen molar-refractivity contribution in [1.82, 2.24) is 20.1 Å². The van der Waals surface area contributed by atoms with E-state index in [1.54, 1.807) is 55.1 Å². The summed E-state index contributed by atoms with van der Waals surface area (Å²) in [7, 11) is 3.37. The molecular formula is C23H25Cl2N5O3S. The number of rotatable bonds is 9. The Hall–Kier alpha value is -2.75. The number of anilines is 1. The van der Waals surface area contributed by atoms with Crippen LogP contribution in [0.1, 0.15) is 36.1 Å². The van der Waals surface area contributed by atoms with Crippen LogP contribution in [0, 0.1) is 5.92 Å². The predicted molar refractivity (Wildman–Crippen MR) is 135 cm³/mol. The van der Waals surface area contributed by atoms with Gasteiger partial charge in [0, 0.05) is 24.4 Å². The fourth-order valence-electron chi connectivity index (χ4n) is 3.14. The van der Waals surface area contributed by atoms with E-state index >= 15 is 0 Å². The molecule has 0 saturated carbocycles. The number of aromatic nitrogens is 3. The third-order valence-corrected chi connectivity index (χ3v) is 6.73. The summed E-state index contributed by atoms with van der Waals surface area (Å²) in [5.41, 5.74) is 1.04. The largest absolute Gasteiger partial charge is 0.497 e. The van der Waals surface area contributed by atoms with Gasteiger partial charge in [0.25, 0.3) is 5.91 Å². The van der Waals surface area contributed by atoms with Crippen molar-refractivity contribution in [3.8, 4) is 5.75 Å². The molecule has 2 aromatic carbocycles. The zero-order valence-corrected chi connectivity index (χ0v) is 21.5. The maximum Gasteiger partial charge on any atom is 0.251 e. The minimum absolute atomic E-state index is 0.0313. The Kier molecular flexibility index (Phi) is 8.82. The number of carbonyl (C=O) groups is 2. The number of hydrogen-bond acceptors (Lipinski definition) is 6. The van der Waals surface area contributed by atoms with Gasteiger partial charge in [-0.2, -0.15) is 0 Å². The van der Waals surface area contributed by atoms with Gasteiger partial charge in [0.2, 0.25) is 5.91 Å². The normalized spacial score (nSPS) is 11.9. The summed E-state index contributed by atoms with van der Waals surface area (Å²) in [6, 6.07) is 11.4. The average Bonchev–Trinajstić information content (AvgIpc) is 3.17. The standard InChI is InChI=1S/C23H25Cl2N5O3S/c1-13(2)20(27-22(32)14-8-9-17(24)18(25)10-14)21-28-29-23(30(21)3)34-12-19(31)26-15-6-5-7-16(11-15)33-4/h5-11,13,20H,12H2,1-4H3,(H,26,31)(H,27,32)/t20-/m1/s1. The topological polar surface area (TPSA) is 98.1 Å². The summed E-state index contributed by atoms with van der Waals surface area (Å²) >= 11 is 13.3. The molecule has 8 nitrogen and oxygen atoms in total. The molecule has 0 radical (unpaired) electrons. The van der Waals surface area contributed by atoms with Gasteiger partial charge in [-0.15, -0.1) is 10.2 Å². The highest BCUT2D eigenvalue weighted by Gasteiger charge is 2.25. The van der Waals surface area contributed by atoms with Gasteiger partial charge in [0.05, 0.1) is 28.9 Å². The van der Waals surface area contributed by atoms with Crippen LogP contribution in [0.25, 0.3) is 0 Å². The Morgan fingerprint density at radius 2 is 1.88 bits per heavy atom. The molecule has 1 atom stereocenters. The number of methoxy groups -OCH3 is 1. The predicted octanol–water partition coefficient (Wildman–Crippen LogP) is 4.99. The van der Waals surface area contributed by atoms with Gasteiger partial charge in [-0.3, -0.25) is 9.59 Å². The van der Waals surface area contributed by atoms with Gasteiger partial charge in [-0.25, -0.2) is 0 Å². The van der Waals surface area contributed by atoms with Crippen LogP contribution in [0.4, 0.5) is 5.69 Å². The third-order valence-electron chi connectivity index (χ3n) is 4.97. The molecule has 2 N–H and O–H groups in total. The van der Waals surface area contributed by atoms with Crippen LogP contribution >= 0.6 is 35.0 Å². The molecule has 0 aliphatic rings. The van der Waals surface area contributed by atoms with Crippen LogP contribution in [0.3, 0.4) is 0 Å². The molecule has 1 aromatic heterocycles. The number of ether oxygens (including phenoxy) is 1. The Bertz CT molecular complexity index is 1190. The summed E-state index contributed by atoms with van der Waals surface area (Å²) in [4.78, 5) is 25.2. The van der Waals surface area contributed by atoms with E-state index in [0.717, 1.165) is 0 Å². The van der Waals surface area contributed by atoms with Crippen LogP contribution in [-0.4, -0.2) is 39.4 Å². The Morgan fingerprint density at radius 1 is 1.12 bits per heavy atom. The Balaban J connectivity index is 1.67. The zero-order valence-electron chi connectivity index (χ0n) is 19.1. The molecule has 0 spiro atoms. The monoisotopic (exact) mass is 521 g/mol. The van der Waals surface area contributed by atoms with E-state index in [0.29, 0.717) is 38.0 Å². The number of carbonyl (C=O) groups excluding carboxylic acids is 2. The van der Waals surface area contributed by atoms with Gasteiger partial charge >= 0.3 is 0 Å². The number of nitrogens with one attached hydrogen (secondary N) is 2. The molecule has 3 rings (SSSR count). The van der Waals surface area contributed by atoms with Crippen molar-refractivity contribution in [2.45, 2.75) is 25.0 Å². The molecule has 1 heterocycles. The highest BCUT2D eigenvalue weighted by Crippen LogP contribution is 2.26. The lowest BCUT2D eigenvalue weighted by Crippen LogP contribution is -2.33. The van der Waals surface area contributed by atoms with Crippen LogP contribution < -0.4 is 15.4 Å². The van der Waals surface area contributed by atoms with Crippen molar-refractivity contribution in [2.75, 3.05) is 18.2 Å². The Labute approximate surface area is 212 Å². The van der Waals surface area contributed by atoms with Gasteiger partial charge in [-0.05, 0) is 36.2 Å². The maximum absolute atomic E-state index is 12.8. The summed E-state index contributed by atoms with van der Waals surface area (Å²) < 4.78 is 6.95. The highest BCUT2D eigenvalue weighted by molar-refractivity contribution is 7.99. The SMILES string of the molecule is COc1cccc(NC(=O)CSc2nnc([C@H](NC(=O)c3ccc(Cl)c(Cl)c3)C(C)C)n2C)c1. The first-order chi connectivity index (χ1) is 16.2. The second-order valence-corrected chi connectivity index (χ2v) is 9.55. The molecule has 2 amide bonds. The van der Waals surface area contributed by atoms with Gasteiger partial charge < -0.3 is 19.9 Å². The fourth-order valence-corrected chi connectivity index (χ4v) is 4.16. The van der Waals surface area contributed by atoms with Crippen molar-refractivity contribution in [2.24, 2.45) is 13.0 Å². The maximum atomic E-state index is 12.8. The lowest BCUT2D eigenvalue weighted by Gasteiger charge is -2.22. The lowest BCUT2D eigenvalue weighted by molar-refractivity contribution is -0.113. The molecule has 0 saturated heterocycles. The van der Waals surface area contributed by atoms with E-state index in [1.165, 1.54) is 17.8 Å². The quantitative estimate of drug-likeness (QED) is 0.385. The van der Waals surface area contributed by atoms with Crippen LogP contribution in [0.2, 0.25) is 10.0 Å². The van der Waals surface area contributed by atoms with E-state index < -0.39 is 6.04 Å². The molecule has 3 aromatic rings. The number of hydrogen-bond donors (Lipinski definition) is 2. The van der Waals surface area contributed by atoms with E-state index in [9.17, 15) is 9.59 Å². The van der Waals surface area contributed by atoms with Gasteiger partial charge in [0.1, 0.15) is 5.75 Å². The van der Waals surface area contributed by atoms with Crippen LogP contribution in [0.15, 0.2) is 47.6 Å². The van der Waals surface area contributed by atoms with E-state index in [-0.39, 0.29) is 23.5 Å². The molecule has 0 unspecified atom stereocenters. The summed E-state index contributed by atoms with van der Waals surface area (Å²) in [5, 5.41) is 15.6. The van der Waals surface area contributed by atoms with Gasteiger partial charge in [-0.1, -0.05) is 54.9 Å². The summed E-state index contributed by atoms with van der Waals surface area (Å²) in [6.07, 6.45) is 0. The number of amides is 2. The molecule has 0 aliphatic carbocycles. The number of benzene rings is 2. The fraction of sp³-hybridized carbons (Fsp3) is 0.304. The van der Waals surface area contributed by atoms with E-state index in [4.69, 9.17) is 27.9 Å². The number of halogens is 2. The molecule has 0 bridgehead atoms. The summed E-state index contributed by atoms with van der Waals surface area (Å²) in [5.74, 6) is 0.933. The van der Waals surface area contributed by atoms with Crippen molar-refractivity contribution in [1.29, 1.82) is 0 Å². The second kappa shape index (κ2) is 11.6.